The van der Waals surface area contributed by atoms with Gasteiger partial charge in [-0.15, -0.1) is 0 Å². The number of nitrogens with two attached hydrogens (primary N) is 2. The van der Waals surface area contributed by atoms with Crippen LogP contribution >= 0.6 is 11.8 Å². The second-order valence-electron chi connectivity index (χ2n) is 12.5. The van der Waals surface area contributed by atoms with Crippen LogP contribution in [0, 0.1) is 29.1 Å². The highest BCUT2D eigenvalue weighted by Crippen LogP contribution is 2.43. The Morgan fingerprint density at radius 2 is 1.62 bits per heavy atom. The monoisotopic (exact) mass is 532 g/mol. The molecule has 0 radical (unpaired) electrons. The Kier molecular flexibility index (Phi) is 9.02. The standard InChI is InChI=1S/C28H48N6O2S/c29-26(30)21-9-8-20-14-25(34(24(20)15-21)17-18-4-6-19(7-5-18)27(31)35)28(36)32-22-2-1-3-23(16-22)33-10-12-37-13-11-33/h18-25H,1-17H2,(H3,29,30)(H2,31,35)(H,32,36). The fraction of sp³-hybridized carbons (Fsp3) is 0.893. The van der Waals surface area contributed by atoms with E-state index in [9.17, 15) is 9.59 Å². The summed E-state index contributed by atoms with van der Waals surface area (Å²) in [5.74, 6) is 3.98. The maximum absolute atomic E-state index is 13.9. The van der Waals surface area contributed by atoms with Crippen LogP contribution in [-0.4, -0.2) is 82.8 Å². The number of primary amides is 1. The summed E-state index contributed by atoms with van der Waals surface area (Å²) in [5, 5.41) is 11.6. The quantitative estimate of drug-likeness (QED) is 0.295. The van der Waals surface area contributed by atoms with E-state index < -0.39 is 0 Å². The Hall–Kier alpha value is -1.32. The van der Waals surface area contributed by atoms with Gasteiger partial charge in [0.05, 0.1) is 11.9 Å². The molecular weight excluding hydrogens is 484 g/mol. The number of fused-ring (bicyclic) bond motifs is 1. The van der Waals surface area contributed by atoms with E-state index in [1.165, 1.54) is 37.4 Å². The fourth-order valence-corrected chi connectivity index (χ4v) is 9.07. The van der Waals surface area contributed by atoms with Gasteiger partial charge in [0.15, 0.2) is 0 Å². The Bertz CT molecular complexity index is 827. The minimum atomic E-state index is -0.164. The summed E-state index contributed by atoms with van der Waals surface area (Å²) in [7, 11) is 0. The molecule has 5 aliphatic rings. The summed E-state index contributed by atoms with van der Waals surface area (Å²) in [6, 6.07) is 1.14. The van der Waals surface area contributed by atoms with Gasteiger partial charge in [0.2, 0.25) is 11.8 Å². The summed E-state index contributed by atoms with van der Waals surface area (Å²) in [6.07, 6.45) is 12.2. The molecule has 5 fully saturated rings. The number of nitrogens with one attached hydrogen (secondary N) is 2. The first kappa shape index (κ1) is 27.3. The number of nitrogens with zero attached hydrogens (tertiary/aromatic N) is 2. The van der Waals surface area contributed by atoms with Crippen LogP contribution < -0.4 is 16.8 Å². The molecule has 2 aliphatic heterocycles. The zero-order chi connectivity index (χ0) is 25.9. The third-order valence-corrected chi connectivity index (χ3v) is 11.3. The van der Waals surface area contributed by atoms with Gasteiger partial charge < -0.3 is 16.8 Å². The zero-order valence-electron chi connectivity index (χ0n) is 22.4. The Morgan fingerprint density at radius 3 is 2.32 bits per heavy atom. The molecule has 0 bridgehead atoms. The number of amidine groups is 1. The molecule has 37 heavy (non-hydrogen) atoms. The van der Waals surface area contributed by atoms with Crippen molar-refractivity contribution in [1.29, 1.82) is 5.41 Å². The fourth-order valence-electron chi connectivity index (χ4n) is 8.14. The molecule has 0 spiro atoms. The lowest BCUT2D eigenvalue weighted by molar-refractivity contribution is -0.127. The predicted molar refractivity (Wildman–Crippen MR) is 149 cm³/mol. The number of amides is 2. The SMILES string of the molecule is N=C(N)C1CCC2CC(C(=O)NC3CCCC(N4CCSCC4)C3)N(CC3CCC(C(N)=O)CC3)C2C1. The van der Waals surface area contributed by atoms with E-state index in [2.05, 4.69) is 26.9 Å². The van der Waals surface area contributed by atoms with Crippen molar-refractivity contribution < 1.29 is 9.59 Å². The summed E-state index contributed by atoms with van der Waals surface area (Å²) in [4.78, 5) is 30.7. The first-order valence-corrected chi connectivity index (χ1v) is 16.1. The lowest BCUT2D eigenvalue weighted by atomic mass is 9.77. The molecular formula is C28H48N6O2S. The van der Waals surface area contributed by atoms with Gasteiger partial charge in [-0.3, -0.25) is 24.8 Å². The summed E-state index contributed by atoms with van der Waals surface area (Å²) in [6.45, 7) is 3.28. The largest absolute Gasteiger partial charge is 0.387 e. The molecule has 208 valence electrons. The van der Waals surface area contributed by atoms with Crippen LogP contribution in [0.25, 0.3) is 0 Å². The molecule has 0 aromatic rings. The minimum absolute atomic E-state index is 0.0104. The smallest absolute Gasteiger partial charge is 0.237 e. The highest BCUT2D eigenvalue weighted by molar-refractivity contribution is 7.99. The number of carbonyl (C=O) groups is 2. The Labute approximate surface area is 226 Å². The van der Waals surface area contributed by atoms with Crippen LogP contribution in [0.15, 0.2) is 0 Å². The van der Waals surface area contributed by atoms with Gasteiger partial charge in [-0.25, -0.2) is 0 Å². The highest BCUT2D eigenvalue weighted by atomic mass is 32.2. The molecule has 3 saturated carbocycles. The molecule has 0 aromatic carbocycles. The van der Waals surface area contributed by atoms with Crippen LogP contribution in [-0.2, 0) is 9.59 Å². The molecule has 3 aliphatic carbocycles. The second-order valence-corrected chi connectivity index (χ2v) is 13.8. The van der Waals surface area contributed by atoms with Crippen molar-refractivity contribution in [2.45, 2.75) is 101 Å². The lowest BCUT2D eigenvalue weighted by Gasteiger charge is -2.41. The van der Waals surface area contributed by atoms with E-state index in [0.717, 1.165) is 70.8 Å². The molecule has 0 aromatic heterocycles. The third kappa shape index (κ3) is 6.47. The summed E-state index contributed by atoms with van der Waals surface area (Å²) in [5.41, 5.74) is 11.5. The maximum Gasteiger partial charge on any atom is 0.237 e. The summed E-state index contributed by atoms with van der Waals surface area (Å²) >= 11 is 2.06. The maximum atomic E-state index is 13.9. The van der Waals surface area contributed by atoms with Gasteiger partial charge in [-0.2, -0.15) is 11.8 Å². The zero-order valence-corrected chi connectivity index (χ0v) is 23.2. The van der Waals surface area contributed by atoms with E-state index in [1.54, 1.807) is 0 Å². The van der Waals surface area contributed by atoms with Gasteiger partial charge in [0.25, 0.3) is 0 Å². The number of hydrogen-bond donors (Lipinski definition) is 4. The second kappa shape index (κ2) is 12.2. The molecule has 2 heterocycles. The lowest BCUT2D eigenvalue weighted by Crippen LogP contribution is -2.53. The third-order valence-electron chi connectivity index (χ3n) is 10.3. The summed E-state index contributed by atoms with van der Waals surface area (Å²) < 4.78 is 0. The highest BCUT2D eigenvalue weighted by Gasteiger charge is 2.48. The molecule has 5 rings (SSSR count). The number of carbonyl (C=O) groups excluding carboxylic acids is 2. The minimum Gasteiger partial charge on any atom is -0.387 e. The van der Waals surface area contributed by atoms with E-state index in [4.69, 9.17) is 16.9 Å². The number of rotatable bonds is 7. The van der Waals surface area contributed by atoms with E-state index >= 15 is 0 Å². The number of likely N-dealkylation sites (tertiary alicyclic amines) is 1. The van der Waals surface area contributed by atoms with Crippen LogP contribution in [0.4, 0.5) is 0 Å². The van der Waals surface area contributed by atoms with E-state index in [1.807, 2.05) is 0 Å². The van der Waals surface area contributed by atoms with Crippen molar-refractivity contribution in [3.05, 3.63) is 0 Å². The average Bonchev–Trinajstić information content (AvgIpc) is 3.27. The predicted octanol–water partition coefficient (Wildman–Crippen LogP) is 2.55. The molecule has 2 saturated heterocycles. The van der Waals surface area contributed by atoms with Gasteiger partial charge >= 0.3 is 0 Å². The first-order valence-electron chi connectivity index (χ1n) is 14.9. The van der Waals surface area contributed by atoms with Crippen molar-refractivity contribution in [2.24, 2.45) is 35.1 Å². The molecule has 2 amide bonds. The normalized spacial score (nSPS) is 39.6. The average molecular weight is 533 g/mol. The molecule has 6 unspecified atom stereocenters. The van der Waals surface area contributed by atoms with Gasteiger partial charge in [-0.1, -0.05) is 0 Å². The van der Waals surface area contributed by atoms with Crippen molar-refractivity contribution in [3.8, 4) is 0 Å². The molecule has 6 N–H and O–H groups in total. The Morgan fingerprint density at radius 1 is 0.892 bits per heavy atom. The van der Waals surface area contributed by atoms with E-state index in [-0.39, 0.29) is 35.7 Å². The van der Waals surface area contributed by atoms with Gasteiger partial charge in [-0.05, 0) is 88.9 Å². The van der Waals surface area contributed by atoms with Gasteiger partial charge in [0, 0.05) is 61.1 Å². The topological polar surface area (TPSA) is 129 Å². The van der Waals surface area contributed by atoms with Crippen molar-refractivity contribution in [2.75, 3.05) is 31.1 Å². The molecule has 6 atom stereocenters. The first-order chi connectivity index (χ1) is 17.9. The van der Waals surface area contributed by atoms with Gasteiger partial charge in [0.1, 0.15) is 0 Å². The molecule has 9 heteroatoms. The van der Waals surface area contributed by atoms with Crippen molar-refractivity contribution in [1.82, 2.24) is 15.1 Å². The van der Waals surface area contributed by atoms with Crippen LogP contribution in [0.3, 0.4) is 0 Å². The van der Waals surface area contributed by atoms with Crippen LogP contribution in [0.1, 0.15) is 77.0 Å². The number of thioether (sulfide) groups is 1. The molecule has 8 nitrogen and oxygen atoms in total. The Balaban J connectivity index is 1.24. The van der Waals surface area contributed by atoms with Crippen molar-refractivity contribution in [3.63, 3.8) is 0 Å². The number of hydrogen-bond acceptors (Lipinski definition) is 6. The van der Waals surface area contributed by atoms with Crippen LogP contribution in [0.2, 0.25) is 0 Å². The van der Waals surface area contributed by atoms with Crippen molar-refractivity contribution >= 4 is 29.4 Å². The van der Waals surface area contributed by atoms with E-state index in [0.29, 0.717) is 29.8 Å². The van der Waals surface area contributed by atoms with Crippen LogP contribution in [0.5, 0.6) is 0 Å².